The number of esters is 1. The third-order valence-electron chi connectivity index (χ3n) is 1.65. The summed E-state index contributed by atoms with van der Waals surface area (Å²) in [5.74, 6) is -0.433. The number of nitrogens with zero attached hydrogens (tertiary/aromatic N) is 2. The van der Waals surface area contributed by atoms with Crippen molar-refractivity contribution in [1.29, 1.82) is 0 Å². The van der Waals surface area contributed by atoms with E-state index in [1.54, 1.807) is 6.20 Å². The minimum absolute atomic E-state index is 0.385. The number of hydrogen-bond donors (Lipinski definition) is 1. The molecule has 0 aliphatic rings. The molecule has 0 spiro atoms. The number of H-pyrrole nitrogens is 1. The van der Waals surface area contributed by atoms with Gasteiger partial charge >= 0.3 is 5.97 Å². The van der Waals surface area contributed by atoms with Crippen molar-refractivity contribution in [3.8, 4) is 0 Å². The molecule has 1 atom stereocenters. The van der Waals surface area contributed by atoms with Crippen molar-refractivity contribution in [2.24, 2.45) is 4.99 Å². The Hall–Kier alpha value is -1.52. The monoisotopic (exact) mass is 211 g/mol. The van der Waals surface area contributed by atoms with E-state index in [0.29, 0.717) is 6.42 Å². The molecular formula is C8H9N3O2S. The molecule has 5 nitrogen and oxygen atoms in total. The number of thiocarbonyl (C=S) groups is 1. The van der Waals surface area contributed by atoms with Crippen LogP contribution in [0.15, 0.2) is 17.5 Å². The molecule has 0 amide bonds. The van der Waals surface area contributed by atoms with Crippen LogP contribution in [0.25, 0.3) is 0 Å². The molecule has 0 aromatic carbocycles. The molecule has 0 fully saturated rings. The maximum absolute atomic E-state index is 11.2. The van der Waals surface area contributed by atoms with E-state index in [9.17, 15) is 4.79 Å². The summed E-state index contributed by atoms with van der Waals surface area (Å²) in [6.07, 6.45) is 3.54. The van der Waals surface area contributed by atoms with Crippen molar-refractivity contribution in [3.63, 3.8) is 0 Å². The number of aromatic amines is 1. The van der Waals surface area contributed by atoms with Crippen LogP contribution in [-0.2, 0) is 16.0 Å². The molecule has 14 heavy (non-hydrogen) atoms. The van der Waals surface area contributed by atoms with Crippen LogP contribution in [0, 0.1) is 0 Å². The summed E-state index contributed by atoms with van der Waals surface area (Å²) in [5.41, 5.74) is 0.800. The molecule has 1 aromatic rings. The third-order valence-corrected chi connectivity index (χ3v) is 1.76. The Balaban J connectivity index is 2.69. The maximum atomic E-state index is 11.2. The van der Waals surface area contributed by atoms with Crippen LogP contribution in [0.3, 0.4) is 0 Å². The van der Waals surface area contributed by atoms with E-state index >= 15 is 0 Å². The minimum Gasteiger partial charge on any atom is -0.467 e. The first-order chi connectivity index (χ1) is 6.77. The van der Waals surface area contributed by atoms with E-state index in [-0.39, 0.29) is 0 Å². The summed E-state index contributed by atoms with van der Waals surface area (Å²) in [7, 11) is 1.31. The maximum Gasteiger partial charge on any atom is 0.331 e. The average Bonchev–Trinajstić information content (AvgIpc) is 2.68. The molecule has 0 unspecified atom stereocenters. The van der Waals surface area contributed by atoms with Gasteiger partial charge < -0.3 is 9.72 Å². The highest BCUT2D eigenvalue weighted by Crippen LogP contribution is 2.03. The van der Waals surface area contributed by atoms with Gasteiger partial charge in [-0.3, -0.25) is 0 Å². The number of isothiocyanates is 1. The van der Waals surface area contributed by atoms with Gasteiger partial charge in [-0.05, 0) is 12.2 Å². The topological polar surface area (TPSA) is 67.3 Å². The molecule has 0 aliphatic carbocycles. The number of methoxy groups -OCH3 is 1. The molecule has 0 saturated carbocycles. The Kier molecular flexibility index (Phi) is 3.97. The fraction of sp³-hybridized carbons (Fsp3) is 0.375. The highest BCUT2D eigenvalue weighted by Gasteiger charge is 2.18. The molecule has 0 bridgehead atoms. The molecule has 1 rings (SSSR count). The lowest BCUT2D eigenvalue weighted by Gasteiger charge is -2.06. The van der Waals surface area contributed by atoms with E-state index in [1.807, 2.05) is 0 Å². The fourth-order valence-electron chi connectivity index (χ4n) is 0.986. The van der Waals surface area contributed by atoms with Crippen LogP contribution < -0.4 is 0 Å². The van der Waals surface area contributed by atoms with Crippen molar-refractivity contribution in [2.45, 2.75) is 12.5 Å². The van der Waals surface area contributed by atoms with Gasteiger partial charge in [0.05, 0.1) is 18.6 Å². The summed E-state index contributed by atoms with van der Waals surface area (Å²) in [6.45, 7) is 0. The van der Waals surface area contributed by atoms with E-state index in [1.165, 1.54) is 13.4 Å². The van der Waals surface area contributed by atoms with E-state index in [0.717, 1.165) is 5.69 Å². The van der Waals surface area contributed by atoms with Crippen molar-refractivity contribution in [3.05, 3.63) is 18.2 Å². The van der Waals surface area contributed by atoms with Crippen LogP contribution >= 0.6 is 12.2 Å². The number of carbonyl (C=O) groups excluding carboxylic acids is 1. The first-order valence-corrected chi connectivity index (χ1v) is 4.30. The smallest absolute Gasteiger partial charge is 0.331 e. The van der Waals surface area contributed by atoms with Gasteiger partial charge in [0.1, 0.15) is 0 Å². The van der Waals surface area contributed by atoms with Crippen molar-refractivity contribution < 1.29 is 9.53 Å². The minimum atomic E-state index is -0.641. The second kappa shape index (κ2) is 5.26. The molecule has 1 heterocycles. The molecule has 74 valence electrons. The highest BCUT2D eigenvalue weighted by atomic mass is 32.1. The summed E-state index contributed by atoms with van der Waals surface area (Å²) >= 11 is 4.44. The van der Waals surface area contributed by atoms with Crippen LogP contribution in [0.2, 0.25) is 0 Å². The number of hydrogen-bond acceptors (Lipinski definition) is 5. The van der Waals surface area contributed by atoms with Gasteiger partial charge in [0.25, 0.3) is 0 Å². The van der Waals surface area contributed by atoms with Gasteiger partial charge in [-0.1, -0.05) is 0 Å². The summed E-state index contributed by atoms with van der Waals surface area (Å²) < 4.78 is 4.56. The number of carbonyl (C=O) groups is 1. The SMILES string of the molecule is COC(=O)[C@@H](Cc1cnc[nH]1)N=C=S. The normalized spacial score (nSPS) is 11.5. The average molecular weight is 211 g/mol. The number of aromatic nitrogens is 2. The van der Waals surface area contributed by atoms with Gasteiger partial charge in [-0.15, -0.1) is 0 Å². The van der Waals surface area contributed by atoms with Crippen LogP contribution in [0.4, 0.5) is 0 Å². The highest BCUT2D eigenvalue weighted by molar-refractivity contribution is 7.78. The Morgan fingerprint density at radius 2 is 2.71 bits per heavy atom. The zero-order chi connectivity index (χ0) is 10.4. The second-order valence-corrected chi connectivity index (χ2v) is 2.72. The zero-order valence-electron chi connectivity index (χ0n) is 7.56. The third kappa shape index (κ3) is 2.76. The van der Waals surface area contributed by atoms with Gasteiger partial charge in [-0.25, -0.2) is 14.8 Å². The lowest BCUT2D eigenvalue weighted by Crippen LogP contribution is -2.22. The van der Waals surface area contributed by atoms with Crippen molar-refractivity contribution in [1.82, 2.24) is 9.97 Å². The first-order valence-electron chi connectivity index (χ1n) is 3.90. The Labute approximate surface area is 86.2 Å². The van der Waals surface area contributed by atoms with E-state index in [4.69, 9.17) is 0 Å². The molecule has 0 saturated heterocycles. The van der Waals surface area contributed by atoms with Gasteiger partial charge in [0, 0.05) is 18.3 Å². The van der Waals surface area contributed by atoms with Crippen molar-refractivity contribution >= 4 is 23.3 Å². The number of nitrogens with one attached hydrogen (secondary N) is 1. The molecule has 0 radical (unpaired) electrons. The fourth-order valence-corrected chi connectivity index (χ4v) is 1.11. The number of rotatable bonds is 4. The summed E-state index contributed by atoms with van der Waals surface area (Å²) in [4.78, 5) is 21.6. The van der Waals surface area contributed by atoms with E-state index in [2.05, 4.69) is 37.1 Å². The quantitative estimate of drug-likeness (QED) is 0.450. The zero-order valence-corrected chi connectivity index (χ0v) is 8.37. The molecule has 1 aromatic heterocycles. The number of ether oxygens (including phenoxy) is 1. The van der Waals surface area contributed by atoms with Crippen LogP contribution in [0.1, 0.15) is 5.69 Å². The van der Waals surface area contributed by atoms with Crippen molar-refractivity contribution in [2.75, 3.05) is 7.11 Å². The van der Waals surface area contributed by atoms with Gasteiger partial charge in [0.15, 0.2) is 6.04 Å². The molecular weight excluding hydrogens is 202 g/mol. The standard InChI is InChI=1S/C8H9N3O2S/c1-13-8(12)7(11-5-14)2-6-3-9-4-10-6/h3-4,7H,2H2,1H3,(H,9,10)/t7-/m1/s1. The van der Waals surface area contributed by atoms with Gasteiger partial charge in [0.2, 0.25) is 0 Å². The number of aliphatic imine (C=N–C) groups is 1. The van der Waals surface area contributed by atoms with Gasteiger partial charge in [-0.2, -0.15) is 0 Å². The lowest BCUT2D eigenvalue weighted by molar-refractivity contribution is -0.142. The number of imidazole rings is 1. The summed E-state index contributed by atoms with van der Waals surface area (Å²) in [6, 6.07) is -0.641. The largest absolute Gasteiger partial charge is 0.467 e. The Bertz CT molecular complexity index is 343. The van der Waals surface area contributed by atoms with E-state index < -0.39 is 12.0 Å². The Morgan fingerprint density at radius 1 is 1.93 bits per heavy atom. The predicted octanol–water partition coefficient (Wildman–Crippen LogP) is 0.597. The lowest BCUT2D eigenvalue weighted by atomic mass is 10.2. The second-order valence-electron chi connectivity index (χ2n) is 2.54. The first kappa shape index (κ1) is 10.6. The van der Waals surface area contributed by atoms with Crippen LogP contribution in [-0.4, -0.2) is 34.3 Å². The molecule has 6 heteroatoms. The molecule has 1 N–H and O–H groups in total. The Morgan fingerprint density at radius 3 is 3.21 bits per heavy atom. The predicted molar refractivity (Wildman–Crippen MR) is 53.1 cm³/mol. The van der Waals surface area contributed by atoms with Crippen LogP contribution in [0.5, 0.6) is 0 Å². The summed E-state index contributed by atoms with van der Waals surface area (Å²) in [5, 5.41) is 2.17. The molecule has 0 aliphatic heterocycles.